The summed E-state index contributed by atoms with van der Waals surface area (Å²) < 4.78 is 13.2. The van der Waals surface area contributed by atoms with Crippen LogP contribution in [0.2, 0.25) is 5.02 Å². The molecular weight excluding hydrogens is 239 g/mol. The van der Waals surface area contributed by atoms with E-state index in [9.17, 15) is 9.18 Å². The molecule has 0 aliphatic rings. The van der Waals surface area contributed by atoms with E-state index in [0.717, 1.165) is 11.6 Å². The fourth-order valence-electron chi connectivity index (χ4n) is 1.51. The Morgan fingerprint density at radius 3 is 2.24 bits per heavy atom. The molecule has 0 unspecified atom stereocenters. The van der Waals surface area contributed by atoms with Crippen molar-refractivity contribution in [2.75, 3.05) is 0 Å². The minimum Gasteiger partial charge on any atom is -0.289 e. The zero-order chi connectivity index (χ0) is 12.4. The van der Waals surface area contributed by atoms with Gasteiger partial charge in [-0.15, -0.1) is 0 Å². The monoisotopic (exact) mass is 248 g/mol. The van der Waals surface area contributed by atoms with Crippen LogP contribution in [0.5, 0.6) is 0 Å². The lowest BCUT2D eigenvalue weighted by Crippen LogP contribution is -2.01. The van der Waals surface area contributed by atoms with Crippen LogP contribution in [0.4, 0.5) is 4.39 Å². The minimum atomic E-state index is -0.579. The van der Waals surface area contributed by atoms with Gasteiger partial charge in [-0.25, -0.2) is 4.39 Å². The normalized spacial score (nSPS) is 10.3. The maximum atomic E-state index is 13.2. The van der Waals surface area contributed by atoms with Crippen LogP contribution in [-0.2, 0) is 0 Å². The average molecular weight is 249 g/mol. The molecule has 0 heterocycles. The molecule has 0 amide bonds. The summed E-state index contributed by atoms with van der Waals surface area (Å²) in [6.07, 6.45) is 0. The molecule has 0 aliphatic carbocycles. The Balaban J connectivity index is 2.37. The summed E-state index contributed by atoms with van der Waals surface area (Å²) >= 11 is 5.57. The maximum absolute atomic E-state index is 13.2. The maximum Gasteiger partial charge on any atom is 0.193 e. The van der Waals surface area contributed by atoms with Gasteiger partial charge in [-0.05, 0) is 25.1 Å². The highest BCUT2D eigenvalue weighted by atomic mass is 35.5. The molecule has 2 rings (SSSR count). The Morgan fingerprint density at radius 2 is 1.65 bits per heavy atom. The number of halogens is 2. The Hall–Kier alpha value is -1.67. The molecule has 0 N–H and O–H groups in total. The van der Waals surface area contributed by atoms with E-state index in [1.807, 2.05) is 19.1 Å². The first-order valence-electron chi connectivity index (χ1n) is 5.14. The lowest BCUT2D eigenvalue weighted by Gasteiger charge is -2.02. The molecule has 0 saturated carbocycles. The Morgan fingerprint density at radius 1 is 1.06 bits per heavy atom. The van der Waals surface area contributed by atoms with Crippen molar-refractivity contribution in [3.8, 4) is 0 Å². The summed E-state index contributed by atoms with van der Waals surface area (Å²) in [6, 6.07) is 11.2. The van der Waals surface area contributed by atoms with Gasteiger partial charge in [0.05, 0.1) is 5.02 Å². The number of carbonyl (C=O) groups is 1. The first-order valence-corrected chi connectivity index (χ1v) is 5.52. The highest BCUT2D eigenvalue weighted by Gasteiger charge is 2.10. The number of ketones is 1. The molecule has 2 aromatic carbocycles. The van der Waals surface area contributed by atoms with Crippen molar-refractivity contribution in [1.29, 1.82) is 0 Å². The molecule has 2 aromatic rings. The fourth-order valence-corrected chi connectivity index (χ4v) is 1.63. The quantitative estimate of drug-likeness (QED) is 0.734. The summed E-state index contributed by atoms with van der Waals surface area (Å²) in [5.41, 5.74) is 1.91. The number of hydrogen-bond acceptors (Lipinski definition) is 1. The second-order valence-corrected chi connectivity index (χ2v) is 4.23. The second-order valence-electron chi connectivity index (χ2n) is 3.82. The van der Waals surface area contributed by atoms with Gasteiger partial charge in [0, 0.05) is 11.1 Å². The van der Waals surface area contributed by atoms with E-state index in [0.29, 0.717) is 11.1 Å². The molecule has 0 saturated heterocycles. The Kier molecular flexibility index (Phi) is 3.25. The van der Waals surface area contributed by atoms with Crippen molar-refractivity contribution in [3.05, 3.63) is 70.0 Å². The van der Waals surface area contributed by atoms with Crippen molar-refractivity contribution in [1.82, 2.24) is 0 Å². The molecule has 0 spiro atoms. The van der Waals surface area contributed by atoms with Crippen LogP contribution < -0.4 is 0 Å². The third-order valence-electron chi connectivity index (χ3n) is 2.50. The predicted octanol–water partition coefficient (Wildman–Crippen LogP) is 4.02. The van der Waals surface area contributed by atoms with Gasteiger partial charge >= 0.3 is 0 Å². The van der Waals surface area contributed by atoms with Crippen LogP contribution in [0.15, 0.2) is 42.5 Å². The molecule has 0 fully saturated rings. The van der Waals surface area contributed by atoms with Gasteiger partial charge in [-0.3, -0.25) is 4.79 Å². The van der Waals surface area contributed by atoms with Crippen molar-refractivity contribution in [3.63, 3.8) is 0 Å². The van der Waals surface area contributed by atoms with Crippen molar-refractivity contribution in [2.45, 2.75) is 6.92 Å². The van der Waals surface area contributed by atoms with Crippen LogP contribution in [0.3, 0.4) is 0 Å². The van der Waals surface area contributed by atoms with Gasteiger partial charge < -0.3 is 0 Å². The number of hydrogen-bond donors (Lipinski definition) is 0. The number of carbonyl (C=O) groups excluding carboxylic acids is 1. The van der Waals surface area contributed by atoms with Gasteiger partial charge in [0.1, 0.15) is 5.82 Å². The van der Waals surface area contributed by atoms with Gasteiger partial charge in [0.25, 0.3) is 0 Å². The smallest absolute Gasteiger partial charge is 0.193 e. The second kappa shape index (κ2) is 4.68. The average Bonchev–Trinajstić information content (AvgIpc) is 2.33. The minimum absolute atomic E-state index is 0.0189. The van der Waals surface area contributed by atoms with Crippen molar-refractivity contribution < 1.29 is 9.18 Å². The highest BCUT2D eigenvalue weighted by Crippen LogP contribution is 2.18. The summed E-state index contributed by atoms with van der Waals surface area (Å²) in [5, 5.41) is 0.0189. The van der Waals surface area contributed by atoms with Gasteiger partial charge in [0.2, 0.25) is 0 Å². The molecule has 0 aromatic heterocycles. The summed E-state index contributed by atoms with van der Waals surface area (Å²) in [7, 11) is 0. The van der Waals surface area contributed by atoms with Gasteiger partial charge in [-0.1, -0.05) is 41.4 Å². The fraction of sp³-hybridized carbons (Fsp3) is 0.0714. The third-order valence-corrected chi connectivity index (χ3v) is 2.80. The number of aryl methyl sites for hydroxylation is 1. The van der Waals surface area contributed by atoms with Crippen LogP contribution in [0, 0.1) is 12.7 Å². The molecule has 0 aliphatic heterocycles. The van der Waals surface area contributed by atoms with Crippen molar-refractivity contribution in [2.24, 2.45) is 0 Å². The Labute approximate surface area is 104 Å². The zero-order valence-electron chi connectivity index (χ0n) is 9.21. The molecule has 86 valence electrons. The molecule has 1 nitrogen and oxygen atoms in total. The summed E-state index contributed by atoms with van der Waals surface area (Å²) in [4.78, 5) is 12.0. The number of benzene rings is 2. The van der Waals surface area contributed by atoms with Crippen LogP contribution in [-0.4, -0.2) is 5.78 Å². The van der Waals surface area contributed by atoms with E-state index in [2.05, 4.69) is 0 Å². The molecular formula is C14H10ClFO. The van der Waals surface area contributed by atoms with Gasteiger partial charge in [-0.2, -0.15) is 0 Å². The topological polar surface area (TPSA) is 17.1 Å². The van der Waals surface area contributed by atoms with E-state index < -0.39 is 5.82 Å². The SMILES string of the molecule is Cc1ccc(C(=O)c2ccc(Cl)c(F)c2)cc1. The summed E-state index contributed by atoms with van der Waals surface area (Å²) in [5.74, 6) is -0.787. The van der Waals surface area contributed by atoms with E-state index in [4.69, 9.17) is 11.6 Å². The molecule has 3 heteroatoms. The number of rotatable bonds is 2. The van der Waals surface area contributed by atoms with E-state index >= 15 is 0 Å². The van der Waals surface area contributed by atoms with Crippen molar-refractivity contribution >= 4 is 17.4 Å². The predicted molar refractivity (Wildman–Crippen MR) is 66.0 cm³/mol. The lowest BCUT2D eigenvalue weighted by molar-refractivity contribution is 0.103. The van der Waals surface area contributed by atoms with Crippen LogP contribution >= 0.6 is 11.6 Å². The van der Waals surface area contributed by atoms with E-state index in [1.54, 1.807) is 12.1 Å². The summed E-state index contributed by atoms with van der Waals surface area (Å²) in [6.45, 7) is 1.94. The van der Waals surface area contributed by atoms with Crippen LogP contribution in [0.25, 0.3) is 0 Å². The highest BCUT2D eigenvalue weighted by molar-refractivity contribution is 6.30. The third kappa shape index (κ3) is 2.53. The van der Waals surface area contributed by atoms with Crippen LogP contribution in [0.1, 0.15) is 21.5 Å². The molecule has 0 bridgehead atoms. The molecule has 0 radical (unpaired) electrons. The molecule has 0 atom stereocenters. The zero-order valence-corrected chi connectivity index (χ0v) is 9.96. The Bertz CT molecular complexity index is 561. The lowest BCUT2D eigenvalue weighted by atomic mass is 10.0. The van der Waals surface area contributed by atoms with E-state index in [1.165, 1.54) is 12.1 Å². The first-order chi connectivity index (χ1) is 8.08. The first kappa shape index (κ1) is 11.8. The molecule has 17 heavy (non-hydrogen) atoms. The standard InChI is InChI=1S/C14H10ClFO/c1-9-2-4-10(5-3-9)14(17)11-6-7-12(15)13(16)8-11/h2-8H,1H3. The van der Waals surface area contributed by atoms with E-state index in [-0.39, 0.29) is 10.8 Å². The largest absolute Gasteiger partial charge is 0.289 e. The van der Waals surface area contributed by atoms with Gasteiger partial charge in [0.15, 0.2) is 5.78 Å².